The van der Waals surface area contributed by atoms with Gasteiger partial charge in [0.2, 0.25) is 0 Å². The van der Waals surface area contributed by atoms with Crippen molar-refractivity contribution in [2.45, 2.75) is 50.3 Å². The van der Waals surface area contributed by atoms with E-state index in [1.165, 1.54) is 32.1 Å². The maximum absolute atomic E-state index is 11.4. The van der Waals surface area contributed by atoms with Crippen LogP contribution in [0.25, 0.3) is 0 Å². The van der Waals surface area contributed by atoms with Crippen LogP contribution in [0.2, 0.25) is 0 Å². The van der Waals surface area contributed by atoms with Gasteiger partial charge in [0.1, 0.15) is 4.83 Å². The van der Waals surface area contributed by atoms with Gasteiger partial charge in [0.25, 0.3) is 0 Å². The first-order chi connectivity index (χ1) is 8.07. The van der Waals surface area contributed by atoms with Crippen LogP contribution in [-0.4, -0.2) is 15.9 Å². The van der Waals surface area contributed by atoms with E-state index in [0.717, 1.165) is 18.3 Å². The van der Waals surface area contributed by atoms with E-state index in [1.54, 1.807) is 0 Å². The Labute approximate surface area is 111 Å². The van der Waals surface area contributed by atoms with Crippen LogP contribution in [0.1, 0.15) is 45.4 Å². The lowest BCUT2D eigenvalue weighted by atomic mass is 9.44. The highest BCUT2D eigenvalue weighted by Gasteiger charge is 2.60. The second kappa shape index (κ2) is 3.97. The van der Waals surface area contributed by atoms with Crippen LogP contribution in [0.15, 0.2) is 0 Å². The Balaban J connectivity index is 1.97. The Morgan fingerprint density at radius 3 is 2.06 bits per heavy atom. The molecule has 0 aliphatic heterocycles. The summed E-state index contributed by atoms with van der Waals surface area (Å²) in [5.74, 6) is 2.48. The van der Waals surface area contributed by atoms with Gasteiger partial charge in [0, 0.05) is 0 Å². The largest absolute Gasteiger partial charge is 0.480 e. The second-order valence-electron chi connectivity index (χ2n) is 6.47. The van der Waals surface area contributed by atoms with Gasteiger partial charge in [-0.3, -0.25) is 4.79 Å². The summed E-state index contributed by atoms with van der Waals surface area (Å²) in [7, 11) is 0. The van der Waals surface area contributed by atoms with Gasteiger partial charge in [-0.05, 0) is 67.6 Å². The average molecular weight is 301 g/mol. The van der Waals surface area contributed by atoms with E-state index in [1.807, 2.05) is 0 Å². The summed E-state index contributed by atoms with van der Waals surface area (Å²) in [6, 6.07) is 0. The molecule has 4 fully saturated rings. The maximum atomic E-state index is 11.4. The minimum absolute atomic E-state index is 0.0409. The van der Waals surface area contributed by atoms with Crippen molar-refractivity contribution in [3.05, 3.63) is 0 Å². The van der Waals surface area contributed by atoms with Crippen molar-refractivity contribution in [2.24, 2.45) is 29.1 Å². The van der Waals surface area contributed by atoms with E-state index in [0.29, 0.717) is 11.8 Å². The molecule has 0 amide bonds. The topological polar surface area (TPSA) is 37.3 Å². The van der Waals surface area contributed by atoms with Crippen LogP contribution in [0.3, 0.4) is 0 Å². The molecule has 0 heterocycles. The number of aliphatic carboxylic acids is 1. The molecule has 1 unspecified atom stereocenters. The van der Waals surface area contributed by atoms with Crippen LogP contribution < -0.4 is 0 Å². The van der Waals surface area contributed by atoms with Gasteiger partial charge >= 0.3 is 5.97 Å². The third kappa shape index (κ3) is 1.54. The van der Waals surface area contributed by atoms with Crippen LogP contribution in [0, 0.1) is 29.1 Å². The predicted octanol–water partition coefficient (Wildman–Crippen LogP) is 3.69. The average Bonchev–Trinajstić information content (AvgIpc) is 2.28. The third-order valence-electron chi connectivity index (χ3n) is 5.96. The monoisotopic (exact) mass is 300 g/mol. The molecule has 0 saturated heterocycles. The molecule has 0 radical (unpaired) electrons. The number of rotatable bonds is 3. The lowest BCUT2D eigenvalue weighted by Crippen LogP contribution is -2.58. The minimum atomic E-state index is -0.653. The van der Waals surface area contributed by atoms with Crippen LogP contribution in [0.5, 0.6) is 0 Å². The predicted molar refractivity (Wildman–Crippen MR) is 70.1 cm³/mol. The van der Waals surface area contributed by atoms with E-state index >= 15 is 0 Å². The fourth-order valence-corrected chi connectivity index (χ4v) is 6.53. The number of carbonyl (C=O) groups is 1. The van der Waals surface area contributed by atoms with E-state index < -0.39 is 5.97 Å². The molecular weight excluding hydrogens is 280 g/mol. The van der Waals surface area contributed by atoms with Crippen molar-refractivity contribution in [3.8, 4) is 0 Å². The Morgan fingerprint density at radius 2 is 1.71 bits per heavy atom. The zero-order valence-electron chi connectivity index (χ0n) is 10.4. The third-order valence-corrected chi connectivity index (χ3v) is 7.20. The van der Waals surface area contributed by atoms with Gasteiger partial charge in [-0.25, -0.2) is 0 Å². The zero-order valence-corrected chi connectivity index (χ0v) is 11.9. The molecule has 4 aliphatic carbocycles. The van der Waals surface area contributed by atoms with E-state index in [4.69, 9.17) is 0 Å². The highest BCUT2D eigenvalue weighted by atomic mass is 79.9. The first-order valence-electron chi connectivity index (χ1n) is 6.94. The van der Waals surface area contributed by atoms with Crippen molar-refractivity contribution < 1.29 is 9.90 Å². The van der Waals surface area contributed by atoms with Gasteiger partial charge in [-0.2, -0.15) is 0 Å². The number of hydrogen-bond acceptors (Lipinski definition) is 1. The Morgan fingerprint density at radius 1 is 1.24 bits per heavy atom. The fraction of sp³-hybridized carbons (Fsp3) is 0.929. The van der Waals surface area contributed by atoms with Crippen molar-refractivity contribution in [1.29, 1.82) is 0 Å². The summed E-state index contributed by atoms with van der Waals surface area (Å²) >= 11 is 3.51. The molecule has 0 aromatic heterocycles. The molecule has 4 saturated carbocycles. The van der Waals surface area contributed by atoms with Crippen LogP contribution >= 0.6 is 15.9 Å². The molecule has 0 aromatic carbocycles. The van der Waals surface area contributed by atoms with Crippen molar-refractivity contribution in [2.75, 3.05) is 0 Å². The number of hydrogen-bond donors (Lipinski definition) is 1. The molecule has 17 heavy (non-hydrogen) atoms. The van der Waals surface area contributed by atoms with E-state index in [2.05, 4.69) is 22.9 Å². The number of alkyl halides is 1. The number of halogens is 1. The SMILES string of the molecule is CCC1(C(Br)C(=O)O)C2CC3CC(C2)CC1C3. The fourth-order valence-electron chi connectivity index (χ4n) is 5.46. The number of carboxylic acids is 1. The smallest absolute Gasteiger partial charge is 0.317 e. The normalized spacial score (nSPS) is 49.3. The standard InChI is InChI=1S/C14H21BrO2/c1-2-14(12(15)13(16)17)10-4-8-3-9(6-10)7-11(14)5-8/h8-12H,2-7H2,1H3,(H,16,17). The summed E-state index contributed by atoms with van der Waals surface area (Å²) in [4.78, 5) is 11.1. The summed E-state index contributed by atoms with van der Waals surface area (Å²) in [5.41, 5.74) is 0.0409. The molecule has 1 atom stereocenters. The second-order valence-corrected chi connectivity index (χ2v) is 7.39. The molecule has 2 nitrogen and oxygen atoms in total. The molecule has 4 rings (SSSR count). The quantitative estimate of drug-likeness (QED) is 0.807. The minimum Gasteiger partial charge on any atom is -0.480 e. The van der Waals surface area contributed by atoms with Gasteiger partial charge in [-0.1, -0.05) is 22.9 Å². The van der Waals surface area contributed by atoms with Crippen LogP contribution in [0.4, 0.5) is 0 Å². The van der Waals surface area contributed by atoms with Gasteiger partial charge in [-0.15, -0.1) is 0 Å². The van der Waals surface area contributed by atoms with Gasteiger partial charge in [0.15, 0.2) is 0 Å². The first kappa shape index (κ1) is 12.0. The lowest BCUT2D eigenvalue weighted by Gasteiger charge is -2.62. The molecule has 96 valence electrons. The summed E-state index contributed by atoms with van der Waals surface area (Å²) in [6.45, 7) is 2.19. The molecule has 0 aromatic rings. The lowest BCUT2D eigenvalue weighted by molar-refractivity contribution is -0.152. The Bertz CT molecular complexity index is 311. The first-order valence-corrected chi connectivity index (χ1v) is 7.86. The summed E-state index contributed by atoms with van der Waals surface area (Å²) in [6.07, 6.45) is 7.59. The molecular formula is C14H21BrO2. The van der Waals surface area contributed by atoms with Crippen molar-refractivity contribution >= 4 is 21.9 Å². The van der Waals surface area contributed by atoms with Crippen molar-refractivity contribution in [1.82, 2.24) is 0 Å². The Hall–Kier alpha value is -0.0500. The van der Waals surface area contributed by atoms with E-state index in [-0.39, 0.29) is 10.2 Å². The zero-order chi connectivity index (χ0) is 12.2. The molecule has 4 aliphatic rings. The molecule has 1 N–H and O–H groups in total. The van der Waals surface area contributed by atoms with Crippen molar-refractivity contribution in [3.63, 3.8) is 0 Å². The maximum Gasteiger partial charge on any atom is 0.317 e. The summed E-state index contributed by atoms with van der Waals surface area (Å²) in [5, 5.41) is 9.42. The summed E-state index contributed by atoms with van der Waals surface area (Å²) < 4.78 is 0. The van der Waals surface area contributed by atoms with Crippen LogP contribution in [-0.2, 0) is 4.79 Å². The highest BCUT2D eigenvalue weighted by Crippen LogP contribution is 2.65. The van der Waals surface area contributed by atoms with E-state index in [9.17, 15) is 9.90 Å². The number of carboxylic acid groups (broad SMARTS) is 1. The molecule has 3 heteroatoms. The highest BCUT2D eigenvalue weighted by molar-refractivity contribution is 9.10. The molecule has 0 spiro atoms. The Kier molecular flexibility index (Phi) is 2.81. The van der Waals surface area contributed by atoms with Gasteiger partial charge < -0.3 is 5.11 Å². The molecule has 4 bridgehead atoms. The van der Waals surface area contributed by atoms with Gasteiger partial charge in [0.05, 0.1) is 0 Å².